The van der Waals surface area contributed by atoms with Gasteiger partial charge in [-0.1, -0.05) is 18.2 Å². The van der Waals surface area contributed by atoms with Crippen LogP contribution in [0.4, 0.5) is 28.7 Å². The molecule has 4 aliphatic heterocycles. The monoisotopic (exact) mass is 847 g/mol. The van der Waals surface area contributed by atoms with Crippen molar-refractivity contribution in [3.8, 4) is 17.0 Å². The molecular weight excluding hydrogens is 803 g/mol. The highest BCUT2D eigenvalue weighted by atomic mass is 16.5. The molecule has 2 saturated heterocycles. The summed E-state index contributed by atoms with van der Waals surface area (Å²) in [5.74, 6) is -1.41. The number of rotatable bonds is 10. The number of carbonyl (C=O) groups is 5. The fraction of sp³-hybridized carbons (Fsp3) is 0.283. The van der Waals surface area contributed by atoms with Crippen molar-refractivity contribution < 1.29 is 28.7 Å². The second-order valence-corrected chi connectivity index (χ2v) is 16.2. The highest BCUT2D eigenvalue weighted by molar-refractivity contribution is 6.23. The van der Waals surface area contributed by atoms with E-state index in [1.807, 2.05) is 53.7 Å². The maximum absolute atomic E-state index is 13.6. The number of imide groups is 2. The molecule has 2 aromatic heterocycles. The Morgan fingerprint density at radius 2 is 1.65 bits per heavy atom. The Morgan fingerprint density at radius 1 is 0.857 bits per heavy atom. The third kappa shape index (κ3) is 7.49. The average molecular weight is 848 g/mol. The molecule has 0 radical (unpaired) electrons. The zero-order valence-electron chi connectivity index (χ0n) is 34.8. The molecule has 1 unspecified atom stereocenters. The van der Waals surface area contributed by atoms with Gasteiger partial charge in [0.2, 0.25) is 23.7 Å². The highest BCUT2D eigenvalue weighted by Gasteiger charge is 2.45. The lowest BCUT2D eigenvalue weighted by Crippen LogP contribution is -2.54. The summed E-state index contributed by atoms with van der Waals surface area (Å²) in [6, 6.07) is 18.7. The largest absolute Gasteiger partial charge is 0.494 e. The number of ether oxygens (including phenoxy) is 1. The summed E-state index contributed by atoms with van der Waals surface area (Å²) in [7, 11) is 1.61. The first-order chi connectivity index (χ1) is 30.6. The van der Waals surface area contributed by atoms with E-state index >= 15 is 0 Å². The lowest BCUT2D eigenvalue weighted by molar-refractivity contribution is -0.136. The summed E-state index contributed by atoms with van der Waals surface area (Å²) in [5.41, 5.74) is 6.21. The molecule has 6 heterocycles. The lowest BCUT2D eigenvalue weighted by atomic mass is 10.0. The van der Waals surface area contributed by atoms with E-state index in [-0.39, 0.29) is 29.9 Å². The number of nitrogens with one attached hydrogen (secondary N) is 3. The summed E-state index contributed by atoms with van der Waals surface area (Å²) in [5, 5.41) is 14.1. The van der Waals surface area contributed by atoms with Gasteiger partial charge < -0.3 is 29.7 Å². The van der Waals surface area contributed by atoms with E-state index in [0.717, 1.165) is 27.2 Å². The maximum Gasteiger partial charge on any atom is 0.262 e. The van der Waals surface area contributed by atoms with Crippen LogP contribution < -0.4 is 30.5 Å². The van der Waals surface area contributed by atoms with Gasteiger partial charge in [0.1, 0.15) is 18.5 Å². The summed E-state index contributed by atoms with van der Waals surface area (Å²) < 4.78 is 8.27. The number of hydrogen-bond donors (Lipinski definition) is 3. The Labute approximate surface area is 362 Å². The van der Waals surface area contributed by atoms with Crippen LogP contribution in [0.2, 0.25) is 0 Å². The Balaban J connectivity index is 0.838. The molecule has 1 saturated carbocycles. The minimum atomic E-state index is -1.03. The van der Waals surface area contributed by atoms with Crippen LogP contribution in [-0.4, -0.2) is 105 Å². The number of anilines is 5. The number of aromatic nitrogens is 3. The number of hydrogen-bond acceptors (Lipinski definition) is 13. The molecule has 3 N–H and O–H groups in total. The van der Waals surface area contributed by atoms with Crippen LogP contribution in [0, 0.1) is 0 Å². The molecule has 3 aromatic carbocycles. The molecule has 0 spiro atoms. The smallest absolute Gasteiger partial charge is 0.262 e. The lowest BCUT2D eigenvalue weighted by Gasteiger charge is -2.43. The fourth-order valence-electron chi connectivity index (χ4n) is 8.88. The van der Waals surface area contributed by atoms with Gasteiger partial charge in [0.25, 0.3) is 11.8 Å². The highest BCUT2D eigenvalue weighted by Crippen LogP contribution is 2.42. The summed E-state index contributed by atoms with van der Waals surface area (Å²) in [6.45, 7) is 4.46. The van der Waals surface area contributed by atoms with Crippen LogP contribution >= 0.6 is 0 Å². The number of fused-ring (bicyclic) bond motifs is 2. The number of piperidine rings is 1. The van der Waals surface area contributed by atoms with Gasteiger partial charge in [-0.25, -0.2) is 15.0 Å². The number of para-hydroxylation sites is 1. The van der Waals surface area contributed by atoms with Crippen molar-refractivity contribution in [3.05, 3.63) is 109 Å². The van der Waals surface area contributed by atoms with Crippen molar-refractivity contribution in [1.82, 2.24) is 34.8 Å². The third-order valence-corrected chi connectivity index (χ3v) is 12.1. The van der Waals surface area contributed by atoms with Crippen LogP contribution in [-0.2, 0) is 14.4 Å². The van der Waals surface area contributed by atoms with Crippen molar-refractivity contribution in [2.24, 2.45) is 0 Å². The summed E-state index contributed by atoms with van der Waals surface area (Å²) >= 11 is 0. The quantitative estimate of drug-likeness (QED) is 0.153. The van der Waals surface area contributed by atoms with Gasteiger partial charge >= 0.3 is 0 Å². The number of nitrogens with zero attached hydrogens (tertiary/aromatic N) is 8. The van der Waals surface area contributed by atoms with Crippen molar-refractivity contribution >= 4 is 69.1 Å². The van der Waals surface area contributed by atoms with Crippen LogP contribution in [0.5, 0.6) is 5.75 Å². The molecule has 1 atom stereocenters. The number of methoxy groups -OCH3 is 1. The second kappa shape index (κ2) is 16.1. The number of piperazine rings is 1. The zero-order valence-corrected chi connectivity index (χ0v) is 34.8. The van der Waals surface area contributed by atoms with Crippen LogP contribution in [0.3, 0.4) is 0 Å². The first-order valence-corrected chi connectivity index (χ1v) is 21.1. The van der Waals surface area contributed by atoms with E-state index in [4.69, 9.17) is 9.72 Å². The Kier molecular flexibility index (Phi) is 10.1. The molecule has 320 valence electrons. The van der Waals surface area contributed by atoms with Crippen molar-refractivity contribution in [2.75, 3.05) is 60.4 Å². The van der Waals surface area contributed by atoms with Gasteiger partial charge in [0.15, 0.2) is 0 Å². The first-order valence-electron chi connectivity index (χ1n) is 21.1. The van der Waals surface area contributed by atoms with Crippen LogP contribution in [0.25, 0.3) is 22.2 Å². The molecule has 1 aliphatic carbocycles. The number of allylic oxidation sites excluding steroid dienone is 2. The standard InChI is InChI=1S/C46H45N11O6/c1-28(58)48-36-24-37(50-46-47-16-15-35(49-46)34-26-56(29-9-10-29)38-8-4-3-7-31(34)38)41(63-2)25-40(36)52-19-21-54(22-20-52)55-18-6-5-17-53(27-55)30-11-12-32-33(23-30)45(62)57(44(32)61)39-13-14-42(59)51-43(39)60/h3-8,11-12,15-18,23-26,29,39H,9-10,13-14,19-22,27H2,1-2H3,(H,48,58)(H,47,49,50)(H,51,59,60). The number of amides is 5. The van der Waals surface area contributed by atoms with Crippen LogP contribution in [0.1, 0.15) is 59.4 Å². The fourth-order valence-corrected chi connectivity index (χ4v) is 8.88. The van der Waals surface area contributed by atoms with Gasteiger partial charge in [0, 0.05) is 98.6 Å². The van der Waals surface area contributed by atoms with E-state index < -0.39 is 29.7 Å². The van der Waals surface area contributed by atoms with Gasteiger partial charge in [-0.2, -0.15) is 0 Å². The van der Waals surface area contributed by atoms with Crippen LogP contribution in [0.15, 0.2) is 97.6 Å². The van der Waals surface area contributed by atoms with E-state index in [1.54, 1.807) is 31.5 Å². The number of benzene rings is 3. The van der Waals surface area contributed by atoms with Crippen molar-refractivity contribution in [2.45, 2.75) is 44.7 Å². The SMILES string of the molecule is COc1cc(N2CCN(N3C=CC=CN(c4ccc5c(c4)C(=O)N(C4CCC(=O)NC4=O)C5=O)C3)CC2)c(NC(C)=O)cc1Nc1nccc(-c2cn(C3CC3)c3ccccc23)n1. The Hall–Kier alpha value is -7.53. The summed E-state index contributed by atoms with van der Waals surface area (Å²) in [4.78, 5) is 78.4. The summed E-state index contributed by atoms with van der Waals surface area (Å²) in [6.07, 6.45) is 14.2. The molecule has 5 aliphatic rings. The maximum atomic E-state index is 13.6. The normalized spacial score (nSPS) is 19.1. The zero-order chi connectivity index (χ0) is 43.4. The van der Waals surface area contributed by atoms with E-state index in [9.17, 15) is 24.0 Å². The molecule has 17 heteroatoms. The molecular formula is C46H45N11O6. The van der Waals surface area contributed by atoms with Gasteiger partial charge in [-0.05, 0) is 67.8 Å². The minimum absolute atomic E-state index is 0.0550. The number of carbonyl (C=O) groups excluding carboxylic acids is 5. The predicted molar refractivity (Wildman–Crippen MR) is 236 cm³/mol. The molecule has 5 aromatic rings. The van der Waals surface area contributed by atoms with Crippen molar-refractivity contribution in [1.29, 1.82) is 0 Å². The molecule has 10 rings (SSSR count). The number of hydrazine groups is 1. The van der Waals surface area contributed by atoms with E-state index in [1.165, 1.54) is 25.3 Å². The average Bonchev–Trinajstić information content (AvgIpc) is 4.06. The van der Waals surface area contributed by atoms with E-state index in [2.05, 4.69) is 64.8 Å². The predicted octanol–water partition coefficient (Wildman–Crippen LogP) is 5.39. The topological polar surface area (TPSA) is 178 Å². The van der Waals surface area contributed by atoms with Gasteiger partial charge in [0.05, 0.1) is 41.0 Å². The Bertz CT molecular complexity index is 2770. The second-order valence-electron chi connectivity index (χ2n) is 16.2. The molecule has 5 amide bonds. The van der Waals surface area contributed by atoms with Gasteiger partial charge in [-0.15, -0.1) is 0 Å². The van der Waals surface area contributed by atoms with Crippen molar-refractivity contribution in [3.63, 3.8) is 0 Å². The minimum Gasteiger partial charge on any atom is -0.494 e. The molecule has 63 heavy (non-hydrogen) atoms. The van der Waals surface area contributed by atoms with E-state index in [0.29, 0.717) is 67.6 Å². The molecule has 0 bridgehead atoms. The Morgan fingerprint density at radius 3 is 2.43 bits per heavy atom. The molecule has 17 nitrogen and oxygen atoms in total. The third-order valence-electron chi connectivity index (χ3n) is 12.1. The molecule has 3 fully saturated rings. The van der Waals surface area contributed by atoms with Gasteiger partial charge in [-0.3, -0.25) is 39.2 Å². The first kappa shape index (κ1) is 39.6.